The summed E-state index contributed by atoms with van der Waals surface area (Å²) in [6.07, 6.45) is 3.81. The minimum absolute atomic E-state index is 0.0863. The fraction of sp³-hybridized carbons (Fsp3) is 0.286. The van der Waals surface area contributed by atoms with Crippen molar-refractivity contribution in [2.24, 2.45) is 5.73 Å². The lowest BCUT2D eigenvalue weighted by Gasteiger charge is -2.19. The molecule has 0 aliphatic carbocycles. The highest BCUT2D eigenvalue weighted by Crippen LogP contribution is 2.27. The monoisotopic (exact) mass is 352 g/mol. The standard InChI is InChI=1S/C14H17BrN4S/c1-9(18-12-6-4-3-5-11(12)15)10-8-17-14(20-2)19-13(10)7-16/h3-6,8-9,18H,7,16H2,1-2H3. The maximum absolute atomic E-state index is 5.80. The summed E-state index contributed by atoms with van der Waals surface area (Å²) in [7, 11) is 0. The van der Waals surface area contributed by atoms with Gasteiger partial charge in [0.15, 0.2) is 5.16 Å². The molecule has 0 fully saturated rings. The molecule has 0 aliphatic heterocycles. The van der Waals surface area contributed by atoms with Gasteiger partial charge in [0.25, 0.3) is 0 Å². The third-order valence-electron chi connectivity index (χ3n) is 2.97. The van der Waals surface area contributed by atoms with E-state index in [0.29, 0.717) is 6.54 Å². The van der Waals surface area contributed by atoms with E-state index in [0.717, 1.165) is 26.6 Å². The molecule has 0 bridgehead atoms. The van der Waals surface area contributed by atoms with E-state index < -0.39 is 0 Å². The molecule has 0 saturated heterocycles. The van der Waals surface area contributed by atoms with E-state index in [1.54, 1.807) is 0 Å². The Morgan fingerprint density at radius 2 is 2.15 bits per heavy atom. The van der Waals surface area contributed by atoms with E-state index in [4.69, 9.17) is 5.73 Å². The first kappa shape index (κ1) is 15.3. The molecule has 4 nitrogen and oxygen atoms in total. The summed E-state index contributed by atoms with van der Waals surface area (Å²) in [5, 5.41) is 4.20. The van der Waals surface area contributed by atoms with Crippen LogP contribution in [0.25, 0.3) is 0 Å². The Kier molecular flexibility index (Phi) is 5.39. The first-order valence-corrected chi connectivity index (χ1v) is 8.28. The van der Waals surface area contributed by atoms with Crippen LogP contribution in [-0.2, 0) is 6.54 Å². The summed E-state index contributed by atoms with van der Waals surface area (Å²) in [6, 6.07) is 8.10. The minimum Gasteiger partial charge on any atom is -0.377 e. The lowest BCUT2D eigenvalue weighted by atomic mass is 10.1. The van der Waals surface area contributed by atoms with Crippen molar-refractivity contribution in [3.05, 3.63) is 46.2 Å². The molecule has 0 spiro atoms. The Bertz CT molecular complexity index is 591. The quantitative estimate of drug-likeness (QED) is 0.635. The molecular formula is C14H17BrN4S. The highest BCUT2D eigenvalue weighted by atomic mass is 79.9. The molecule has 1 aromatic carbocycles. The second-order valence-electron chi connectivity index (χ2n) is 4.31. The number of halogens is 1. The largest absolute Gasteiger partial charge is 0.377 e. The van der Waals surface area contributed by atoms with Gasteiger partial charge < -0.3 is 11.1 Å². The van der Waals surface area contributed by atoms with Gasteiger partial charge >= 0.3 is 0 Å². The van der Waals surface area contributed by atoms with Gasteiger partial charge in [0.05, 0.1) is 11.7 Å². The maximum atomic E-state index is 5.80. The van der Waals surface area contributed by atoms with Crippen LogP contribution in [0.1, 0.15) is 24.2 Å². The van der Waals surface area contributed by atoms with E-state index >= 15 is 0 Å². The first-order valence-electron chi connectivity index (χ1n) is 6.26. The number of hydrogen-bond donors (Lipinski definition) is 2. The number of anilines is 1. The Morgan fingerprint density at radius 1 is 1.40 bits per heavy atom. The number of nitrogens with one attached hydrogen (secondary N) is 1. The fourth-order valence-electron chi connectivity index (χ4n) is 1.92. The third kappa shape index (κ3) is 3.50. The Hall–Kier alpha value is -1.11. The molecule has 6 heteroatoms. The average molecular weight is 353 g/mol. The molecule has 0 saturated carbocycles. The molecular weight excluding hydrogens is 336 g/mol. The first-order chi connectivity index (χ1) is 9.65. The lowest BCUT2D eigenvalue weighted by molar-refractivity contribution is 0.780. The Labute approximate surface area is 131 Å². The number of thioether (sulfide) groups is 1. The summed E-state index contributed by atoms with van der Waals surface area (Å²) in [6.45, 7) is 2.49. The normalized spacial score (nSPS) is 12.2. The van der Waals surface area contributed by atoms with Crippen LogP contribution in [0.2, 0.25) is 0 Å². The van der Waals surface area contributed by atoms with Crippen LogP contribution in [-0.4, -0.2) is 16.2 Å². The SMILES string of the molecule is CSc1ncc(C(C)Nc2ccccc2Br)c(CN)n1. The summed E-state index contributed by atoms with van der Waals surface area (Å²) in [5.74, 6) is 0. The second kappa shape index (κ2) is 7.06. The summed E-state index contributed by atoms with van der Waals surface area (Å²) in [4.78, 5) is 8.81. The summed E-state index contributed by atoms with van der Waals surface area (Å²) in [5.41, 5.74) is 8.75. The van der Waals surface area contributed by atoms with Crippen LogP contribution in [0, 0.1) is 0 Å². The zero-order valence-electron chi connectivity index (χ0n) is 11.4. The van der Waals surface area contributed by atoms with Crippen molar-refractivity contribution in [2.75, 3.05) is 11.6 Å². The van der Waals surface area contributed by atoms with Crippen LogP contribution < -0.4 is 11.1 Å². The van der Waals surface area contributed by atoms with Crippen molar-refractivity contribution >= 4 is 33.4 Å². The molecule has 3 N–H and O–H groups in total. The smallest absolute Gasteiger partial charge is 0.187 e. The van der Waals surface area contributed by atoms with Crippen LogP contribution in [0.3, 0.4) is 0 Å². The maximum Gasteiger partial charge on any atom is 0.187 e. The molecule has 0 amide bonds. The minimum atomic E-state index is 0.0863. The molecule has 1 atom stereocenters. The Balaban J connectivity index is 2.25. The molecule has 106 valence electrons. The van der Waals surface area contributed by atoms with E-state index in [1.807, 2.05) is 36.7 Å². The van der Waals surface area contributed by atoms with Crippen molar-refractivity contribution < 1.29 is 0 Å². The Morgan fingerprint density at radius 3 is 2.80 bits per heavy atom. The molecule has 1 heterocycles. The van der Waals surface area contributed by atoms with Crippen LogP contribution in [0.4, 0.5) is 5.69 Å². The van der Waals surface area contributed by atoms with Crippen molar-refractivity contribution in [1.29, 1.82) is 0 Å². The van der Waals surface area contributed by atoms with Gasteiger partial charge in [-0.2, -0.15) is 0 Å². The molecule has 20 heavy (non-hydrogen) atoms. The fourth-order valence-corrected chi connectivity index (χ4v) is 2.68. The van der Waals surface area contributed by atoms with Crippen LogP contribution in [0.5, 0.6) is 0 Å². The number of nitrogens with zero attached hydrogens (tertiary/aromatic N) is 2. The van der Waals surface area contributed by atoms with Gasteiger partial charge in [0, 0.05) is 28.5 Å². The van der Waals surface area contributed by atoms with Gasteiger partial charge in [-0.3, -0.25) is 0 Å². The molecule has 1 unspecified atom stereocenters. The predicted molar refractivity (Wildman–Crippen MR) is 87.9 cm³/mol. The van der Waals surface area contributed by atoms with Gasteiger partial charge in [-0.05, 0) is 41.2 Å². The number of para-hydroxylation sites is 1. The van der Waals surface area contributed by atoms with E-state index in [2.05, 4.69) is 38.1 Å². The molecule has 1 aromatic heterocycles. The van der Waals surface area contributed by atoms with E-state index in [9.17, 15) is 0 Å². The van der Waals surface area contributed by atoms with E-state index in [1.165, 1.54) is 11.8 Å². The highest BCUT2D eigenvalue weighted by Gasteiger charge is 2.13. The zero-order chi connectivity index (χ0) is 14.5. The number of rotatable bonds is 5. The summed E-state index contributed by atoms with van der Waals surface area (Å²) < 4.78 is 1.03. The lowest BCUT2D eigenvalue weighted by Crippen LogP contribution is -2.14. The zero-order valence-corrected chi connectivity index (χ0v) is 13.8. The molecule has 2 aromatic rings. The van der Waals surface area contributed by atoms with Crippen molar-refractivity contribution in [3.63, 3.8) is 0 Å². The number of hydrogen-bond acceptors (Lipinski definition) is 5. The number of nitrogens with two attached hydrogens (primary N) is 1. The van der Waals surface area contributed by atoms with Crippen molar-refractivity contribution in [2.45, 2.75) is 24.7 Å². The van der Waals surface area contributed by atoms with Gasteiger partial charge in [-0.1, -0.05) is 23.9 Å². The van der Waals surface area contributed by atoms with Gasteiger partial charge in [0.1, 0.15) is 0 Å². The molecule has 0 radical (unpaired) electrons. The van der Waals surface area contributed by atoms with E-state index in [-0.39, 0.29) is 6.04 Å². The second-order valence-corrected chi connectivity index (χ2v) is 5.94. The van der Waals surface area contributed by atoms with Gasteiger partial charge in [0.2, 0.25) is 0 Å². The topological polar surface area (TPSA) is 63.8 Å². The number of benzene rings is 1. The van der Waals surface area contributed by atoms with Crippen LogP contribution >= 0.6 is 27.7 Å². The predicted octanol–water partition coefficient (Wildman–Crippen LogP) is 3.59. The van der Waals surface area contributed by atoms with Crippen molar-refractivity contribution in [1.82, 2.24) is 9.97 Å². The number of aromatic nitrogens is 2. The van der Waals surface area contributed by atoms with Crippen LogP contribution in [0.15, 0.2) is 40.1 Å². The highest BCUT2D eigenvalue weighted by molar-refractivity contribution is 9.10. The average Bonchev–Trinajstić information content (AvgIpc) is 2.48. The third-order valence-corrected chi connectivity index (χ3v) is 4.22. The van der Waals surface area contributed by atoms with Gasteiger partial charge in [-0.15, -0.1) is 0 Å². The summed E-state index contributed by atoms with van der Waals surface area (Å²) >= 11 is 5.05. The molecule has 2 rings (SSSR count). The van der Waals surface area contributed by atoms with Gasteiger partial charge in [-0.25, -0.2) is 9.97 Å². The molecule has 0 aliphatic rings. The van der Waals surface area contributed by atoms with Crippen molar-refractivity contribution in [3.8, 4) is 0 Å².